The van der Waals surface area contributed by atoms with Gasteiger partial charge in [-0.25, -0.2) is 0 Å². The van der Waals surface area contributed by atoms with Crippen molar-refractivity contribution < 1.29 is 14.3 Å². The van der Waals surface area contributed by atoms with Crippen LogP contribution in [0.4, 0.5) is 0 Å². The van der Waals surface area contributed by atoms with Gasteiger partial charge in [0, 0.05) is 44.8 Å². The number of hydrogen-bond donors (Lipinski definition) is 0. The van der Waals surface area contributed by atoms with E-state index in [0.717, 1.165) is 63.2 Å². The molecule has 0 radical (unpaired) electrons. The fourth-order valence-corrected chi connectivity index (χ4v) is 4.45. The highest BCUT2D eigenvalue weighted by atomic mass is 16.5. The molecule has 0 bridgehead atoms. The van der Waals surface area contributed by atoms with Crippen LogP contribution >= 0.6 is 0 Å². The zero-order valence-electron chi connectivity index (χ0n) is 17.3. The van der Waals surface area contributed by atoms with Gasteiger partial charge in [-0.15, -0.1) is 0 Å². The molecular weight excluding hydrogens is 368 g/mol. The molecular formula is C22H30N4O3. The van der Waals surface area contributed by atoms with Crippen LogP contribution in [0.1, 0.15) is 48.3 Å². The lowest BCUT2D eigenvalue weighted by atomic mass is 9.78. The summed E-state index contributed by atoms with van der Waals surface area (Å²) in [4.78, 5) is 18.7. The van der Waals surface area contributed by atoms with Crippen LogP contribution in [0.5, 0.6) is 5.75 Å². The van der Waals surface area contributed by atoms with E-state index in [1.165, 1.54) is 0 Å². The van der Waals surface area contributed by atoms with Gasteiger partial charge in [-0.1, -0.05) is 0 Å². The summed E-state index contributed by atoms with van der Waals surface area (Å²) in [6.45, 7) is 4.94. The van der Waals surface area contributed by atoms with Crippen LogP contribution in [0.25, 0.3) is 0 Å². The SMILES string of the molecule is Cc1cc(C(=O)N2CCC3(CC2)CC(CCOc2ccncc2)CCO3)nn1C. The van der Waals surface area contributed by atoms with Crippen molar-refractivity contribution in [2.24, 2.45) is 13.0 Å². The third kappa shape index (κ3) is 4.61. The Morgan fingerprint density at radius 1 is 1.31 bits per heavy atom. The number of rotatable bonds is 5. The van der Waals surface area contributed by atoms with E-state index >= 15 is 0 Å². The number of nitrogens with zero attached hydrogens (tertiary/aromatic N) is 4. The quantitative estimate of drug-likeness (QED) is 0.774. The Morgan fingerprint density at radius 3 is 2.76 bits per heavy atom. The maximum absolute atomic E-state index is 12.8. The molecule has 1 amide bonds. The lowest BCUT2D eigenvalue weighted by molar-refractivity contribution is -0.125. The second-order valence-electron chi connectivity index (χ2n) is 8.30. The average molecular weight is 399 g/mol. The Hall–Kier alpha value is -2.41. The van der Waals surface area contributed by atoms with Crippen LogP contribution in [0, 0.1) is 12.8 Å². The predicted octanol–water partition coefficient (Wildman–Crippen LogP) is 2.99. The fraction of sp³-hybridized carbons (Fsp3) is 0.591. The van der Waals surface area contributed by atoms with Crippen molar-refractivity contribution in [2.75, 3.05) is 26.3 Å². The molecule has 4 rings (SSSR count). The number of aryl methyl sites for hydroxylation is 2. The third-order valence-corrected chi connectivity index (χ3v) is 6.33. The summed E-state index contributed by atoms with van der Waals surface area (Å²) < 4.78 is 13.9. The molecule has 7 heteroatoms. The maximum Gasteiger partial charge on any atom is 0.274 e. The minimum absolute atomic E-state index is 0.0293. The van der Waals surface area contributed by atoms with E-state index in [2.05, 4.69) is 10.1 Å². The normalized spacial score (nSPS) is 21.3. The summed E-state index contributed by atoms with van der Waals surface area (Å²) in [7, 11) is 1.87. The molecule has 2 aromatic rings. The standard InChI is InChI=1S/C22H30N4O3/c1-17-15-20(24-25(17)2)21(27)26-11-7-22(8-12-26)16-18(6-14-29-22)5-13-28-19-3-9-23-10-4-19/h3-4,9-10,15,18H,5-8,11-14,16H2,1-2H3. The first-order valence-electron chi connectivity index (χ1n) is 10.5. The van der Waals surface area contributed by atoms with Gasteiger partial charge in [-0.05, 0) is 63.1 Å². The van der Waals surface area contributed by atoms with E-state index < -0.39 is 0 Å². The fourth-order valence-electron chi connectivity index (χ4n) is 4.45. The van der Waals surface area contributed by atoms with E-state index in [9.17, 15) is 4.79 Å². The average Bonchev–Trinajstić information content (AvgIpc) is 3.08. The largest absolute Gasteiger partial charge is 0.493 e. The molecule has 0 saturated carbocycles. The number of ether oxygens (including phenoxy) is 2. The van der Waals surface area contributed by atoms with Crippen LogP contribution in [-0.4, -0.2) is 57.5 Å². The smallest absolute Gasteiger partial charge is 0.274 e. The van der Waals surface area contributed by atoms with Gasteiger partial charge in [0.2, 0.25) is 0 Å². The van der Waals surface area contributed by atoms with Crippen molar-refractivity contribution in [3.63, 3.8) is 0 Å². The predicted molar refractivity (Wildman–Crippen MR) is 109 cm³/mol. The molecule has 0 aromatic carbocycles. The molecule has 1 unspecified atom stereocenters. The second-order valence-corrected chi connectivity index (χ2v) is 8.30. The molecule has 0 aliphatic carbocycles. The molecule has 0 N–H and O–H groups in total. The number of likely N-dealkylation sites (tertiary alicyclic amines) is 1. The van der Waals surface area contributed by atoms with Crippen molar-refractivity contribution in [2.45, 2.75) is 44.6 Å². The molecule has 156 valence electrons. The number of aromatic nitrogens is 3. The molecule has 1 atom stereocenters. The zero-order chi connectivity index (χ0) is 20.3. The highest BCUT2D eigenvalue weighted by Gasteiger charge is 2.41. The van der Waals surface area contributed by atoms with Gasteiger partial charge in [-0.2, -0.15) is 5.10 Å². The summed E-state index contributed by atoms with van der Waals surface area (Å²) in [5, 5.41) is 4.34. The zero-order valence-corrected chi connectivity index (χ0v) is 17.3. The molecule has 7 nitrogen and oxygen atoms in total. The highest BCUT2D eigenvalue weighted by molar-refractivity contribution is 5.92. The molecule has 4 heterocycles. The van der Waals surface area contributed by atoms with Gasteiger partial charge in [-0.3, -0.25) is 14.5 Å². The topological polar surface area (TPSA) is 69.5 Å². The molecule has 2 aliphatic rings. The van der Waals surface area contributed by atoms with Crippen molar-refractivity contribution in [1.29, 1.82) is 0 Å². The Balaban J connectivity index is 1.27. The van der Waals surface area contributed by atoms with Crippen LogP contribution in [-0.2, 0) is 11.8 Å². The summed E-state index contributed by atoms with van der Waals surface area (Å²) in [5.41, 5.74) is 1.45. The van der Waals surface area contributed by atoms with E-state index in [-0.39, 0.29) is 11.5 Å². The molecule has 1 spiro atoms. The maximum atomic E-state index is 12.8. The molecule has 2 fully saturated rings. The molecule has 2 saturated heterocycles. The minimum atomic E-state index is -0.0869. The Labute approximate surface area is 172 Å². The van der Waals surface area contributed by atoms with Gasteiger partial charge < -0.3 is 14.4 Å². The number of carbonyl (C=O) groups excluding carboxylic acids is 1. The van der Waals surface area contributed by atoms with Crippen LogP contribution < -0.4 is 4.74 Å². The number of hydrogen-bond acceptors (Lipinski definition) is 5. The van der Waals surface area contributed by atoms with Gasteiger partial charge >= 0.3 is 0 Å². The van der Waals surface area contributed by atoms with Crippen molar-refractivity contribution >= 4 is 5.91 Å². The summed E-state index contributed by atoms with van der Waals surface area (Å²) in [5.74, 6) is 1.51. The van der Waals surface area contributed by atoms with Crippen LogP contribution in [0.15, 0.2) is 30.6 Å². The third-order valence-electron chi connectivity index (χ3n) is 6.33. The van der Waals surface area contributed by atoms with Crippen molar-refractivity contribution in [1.82, 2.24) is 19.7 Å². The first-order valence-corrected chi connectivity index (χ1v) is 10.5. The van der Waals surface area contributed by atoms with E-state index in [1.54, 1.807) is 17.1 Å². The minimum Gasteiger partial charge on any atom is -0.493 e. The Bertz CT molecular complexity index is 808. The summed E-state index contributed by atoms with van der Waals surface area (Å²) >= 11 is 0. The summed E-state index contributed by atoms with van der Waals surface area (Å²) in [6, 6.07) is 5.64. The summed E-state index contributed by atoms with van der Waals surface area (Å²) in [6.07, 6.45) is 8.46. The molecule has 29 heavy (non-hydrogen) atoms. The Morgan fingerprint density at radius 2 is 2.07 bits per heavy atom. The Kier molecular flexibility index (Phi) is 5.85. The van der Waals surface area contributed by atoms with E-state index in [0.29, 0.717) is 18.2 Å². The highest BCUT2D eigenvalue weighted by Crippen LogP contribution is 2.39. The number of pyridine rings is 1. The van der Waals surface area contributed by atoms with E-state index in [1.807, 2.05) is 37.1 Å². The molecule has 2 aromatic heterocycles. The lowest BCUT2D eigenvalue weighted by Crippen LogP contribution is -2.51. The first kappa shape index (κ1) is 19.9. The monoisotopic (exact) mass is 398 g/mol. The number of carbonyl (C=O) groups is 1. The van der Waals surface area contributed by atoms with Gasteiger partial charge in [0.15, 0.2) is 5.69 Å². The lowest BCUT2D eigenvalue weighted by Gasteiger charge is -2.46. The van der Waals surface area contributed by atoms with Crippen molar-refractivity contribution in [3.8, 4) is 5.75 Å². The van der Waals surface area contributed by atoms with Gasteiger partial charge in [0.1, 0.15) is 5.75 Å². The van der Waals surface area contributed by atoms with Crippen molar-refractivity contribution in [3.05, 3.63) is 42.0 Å². The second kappa shape index (κ2) is 8.53. The number of piperidine rings is 1. The molecule has 2 aliphatic heterocycles. The van der Waals surface area contributed by atoms with Crippen LogP contribution in [0.3, 0.4) is 0 Å². The van der Waals surface area contributed by atoms with Gasteiger partial charge in [0.25, 0.3) is 5.91 Å². The van der Waals surface area contributed by atoms with E-state index in [4.69, 9.17) is 9.47 Å². The first-order chi connectivity index (χ1) is 14.0. The van der Waals surface area contributed by atoms with Gasteiger partial charge in [0.05, 0.1) is 12.2 Å². The number of amides is 1. The van der Waals surface area contributed by atoms with Crippen LogP contribution in [0.2, 0.25) is 0 Å².